The van der Waals surface area contributed by atoms with Crippen LogP contribution in [0, 0.1) is 0 Å². The summed E-state index contributed by atoms with van der Waals surface area (Å²) in [6.45, 7) is 2.20. The molecule has 4 N–H and O–H groups in total. The van der Waals surface area contributed by atoms with E-state index in [1.807, 2.05) is 18.2 Å². The summed E-state index contributed by atoms with van der Waals surface area (Å²) in [5, 5.41) is 11.1. The first-order valence-electron chi connectivity index (χ1n) is 5.66. The Morgan fingerprint density at radius 2 is 2.12 bits per heavy atom. The van der Waals surface area contributed by atoms with Crippen LogP contribution in [0.15, 0.2) is 30.3 Å². The average Bonchev–Trinajstić information content (AvgIpc) is 2.59. The van der Waals surface area contributed by atoms with Crippen LogP contribution >= 0.6 is 0 Å². The maximum Gasteiger partial charge on any atom is 0.404 e. The molecule has 0 radical (unpaired) electrons. The molecule has 1 saturated heterocycles. The van der Waals surface area contributed by atoms with Gasteiger partial charge in [0.1, 0.15) is 0 Å². The highest BCUT2D eigenvalue weighted by molar-refractivity contribution is 5.65. The van der Waals surface area contributed by atoms with Gasteiger partial charge in [-0.25, -0.2) is 4.79 Å². The van der Waals surface area contributed by atoms with Crippen LogP contribution in [0.1, 0.15) is 5.56 Å². The molecule has 0 unspecified atom stereocenters. The number of benzene rings is 1. The predicted molar refractivity (Wildman–Crippen MR) is 64.6 cm³/mol. The largest absolute Gasteiger partial charge is 0.465 e. The molecule has 1 aliphatic heterocycles. The Balaban J connectivity index is 1.91. The van der Waals surface area contributed by atoms with E-state index in [-0.39, 0.29) is 12.1 Å². The normalized spacial score (nSPS) is 24.8. The molecular formula is C12H17N3O2. The summed E-state index contributed by atoms with van der Waals surface area (Å²) in [6, 6.07) is 9.79. The summed E-state index contributed by atoms with van der Waals surface area (Å²) in [6.07, 6.45) is -1.01. The van der Waals surface area contributed by atoms with Crippen LogP contribution in [0.2, 0.25) is 0 Å². The van der Waals surface area contributed by atoms with Gasteiger partial charge in [0.05, 0.1) is 6.04 Å². The van der Waals surface area contributed by atoms with Gasteiger partial charge in [0.15, 0.2) is 0 Å². The van der Waals surface area contributed by atoms with E-state index < -0.39 is 6.09 Å². The molecule has 0 aromatic heterocycles. The second kappa shape index (κ2) is 5.16. The monoisotopic (exact) mass is 235 g/mol. The van der Waals surface area contributed by atoms with Gasteiger partial charge in [-0.05, 0) is 5.56 Å². The third-order valence-electron chi connectivity index (χ3n) is 3.00. The maximum absolute atomic E-state index is 10.6. The highest BCUT2D eigenvalue weighted by Gasteiger charge is 2.30. The van der Waals surface area contributed by atoms with Crippen LogP contribution in [0.4, 0.5) is 4.79 Å². The Kier molecular flexibility index (Phi) is 3.61. The molecule has 5 nitrogen and oxygen atoms in total. The highest BCUT2D eigenvalue weighted by Crippen LogP contribution is 2.12. The van der Waals surface area contributed by atoms with Crippen LogP contribution in [-0.2, 0) is 6.54 Å². The van der Waals surface area contributed by atoms with Crippen molar-refractivity contribution in [3.05, 3.63) is 35.9 Å². The summed E-state index contributed by atoms with van der Waals surface area (Å²) in [4.78, 5) is 12.7. The van der Waals surface area contributed by atoms with Crippen molar-refractivity contribution in [3.63, 3.8) is 0 Å². The maximum atomic E-state index is 10.6. The predicted octanol–water partition coefficient (Wildman–Crippen LogP) is 0.466. The molecule has 0 saturated carbocycles. The molecule has 1 aliphatic rings. The van der Waals surface area contributed by atoms with Gasteiger partial charge in [-0.2, -0.15) is 0 Å². The first-order valence-corrected chi connectivity index (χ1v) is 5.66. The zero-order valence-corrected chi connectivity index (χ0v) is 9.54. The van der Waals surface area contributed by atoms with Crippen LogP contribution in [0.5, 0.6) is 0 Å². The second-order valence-electron chi connectivity index (χ2n) is 4.40. The Morgan fingerprint density at radius 3 is 2.76 bits per heavy atom. The minimum absolute atomic E-state index is 0.130. The molecule has 1 amide bonds. The number of amides is 1. The van der Waals surface area contributed by atoms with Gasteiger partial charge in [0.2, 0.25) is 0 Å². The third kappa shape index (κ3) is 3.18. The number of rotatable bonds is 3. The minimum Gasteiger partial charge on any atom is -0.465 e. The van der Waals surface area contributed by atoms with Crippen LogP contribution in [-0.4, -0.2) is 41.3 Å². The highest BCUT2D eigenvalue weighted by atomic mass is 16.4. The zero-order chi connectivity index (χ0) is 12.3. The first kappa shape index (κ1) is 11.9. The lowest BCUT2D eigenvalue weighted by Crippen LogP contribution is -2.46. The minimum atomic E-state index is -1.01. The molecule has 0 aliphatic carbocycles. The van der Waals surface area contributed by atoms with E-state index in [4.69, 9.17) is 10.8 Å². The number of hydrogen-bond acceptors (Lipinski definition) is 3. The van der Waals surface area contributed by atoms with Gasteiger partial charge in [-0.3, -0.25) is 4.90 Å². The van der Waals surface area contributed by atoms with Gasteiger partial charge >= 0.3 is 6.09 Å². The van der Waals surface area contributed by atoms with Crippen molar-refractivity contribution in [3.8, 4) is 0 Å². The van der Waals surface area contributed by atoms with Gasteiger partial charge in [-0.1, -0.05) is 30.3 Å². The number of nitrogens with zero attached hydrogens (tertiary/aromatic N) is 1. The summed E-state index contributed by atoms with van der Waals surface area (Å²) < 4.78 is 0. The molecule has 1 aromatic rings. The molecule has 0 spiro atoms. The van der Waals surface area contributed by atoms with E-state index in [0.29, 0.717) is 6.54 Å². The lowest BCUT2D eigenvalue weighted by molar-refractivity contribution is 0.188. The molecule has 17 heavy (non-hydrogen) atoms. The first-order chi connectivity index (χ1) is 8.15. The number of nitrogens with one attached hydrogen (secondary N) is 1. The summed E-state index contributed by atoms with van der Waals surface area (Å²) >= 11 is 0. The van der Waals surface area contributed by atoms with Crippen LogP contribution < -0.4 is 11.1 Å². The number of likely N-dealkylation sites (tertiary alicyclic amines) is 1. The molecule has 1 heterocycles. The van der Waals surface area contributed by atoms with Crippen molar-refractivity contribution < 1.29 is 9.90 Å². The standard InChI is InChI=1S/C12H17N3O2/c13-10-7-15(8-11(10)14-12(16)17)6-9-4-2-1-3-5-9/h1-5,10-11,14H,6-8,13H2,(H,16,17)/t10-,11+/m0/s1. The molecule has 2 atom stereocenters. The van der Waals surface area contributed by atoms with E-state index >= 15 is 0 Å². The third-order valence-corrected chi connectivity index (χ3v) is 3.00. The van der Waals surface area contributed by atoms with Crippen molar-refractivity contribution >= 4 is 6.09 Å². The van der Waals surface area contributed by atoms with Gasteiger partial charge in [0, 0.05) is 25.7 Å². The molecule has 1 fully saturated rings. The van der Waals surface area contributed by atoms with E-state index in [2.05, 4.69) is 22.3 Å². The fourth-order valence-electron chi connectivity index (χ4n) is 2.20. The van der Waals surface area contributed by atoms with Crippen molar-refractivity contribution in [2.45, 2.75) is 18.6 Å². The zero-order valence-electron chi connectivity index (χ0n) is 9.54. The lowest BCUT2D eigenvalue weighted by Gasteiger charge is -2.15. The van der Waals surface area contributed by atoms with Crippen LogP contribution in [0.25, 0.3) is 0 Å². The lowest BCUT2D eigenvalue weighted by atomic mass is 10.2. The van der Waals surface area contributed by atoms with Crippen molar-refractivity contribution in [2.75, 3.05) is 13.1 Å². The Labute approximate surface area is 100 Å². The Hall–Kier alpha value is -1.59. The molecule has 0 bridgehead atoms. The fourth-order valence-corrected chi connectivity index (χ4v) is 2.20. The molecule has 92 valence electrons. The molecule has 1 aromatic carbocycles. The quantitative estimate of drug-likeness (QED) is 0.711. The van der Waals surface area contributed by atoms with E-state index in [0.717, 1.165) is 13.1 Å². The topological polar surface area (TPSA) is 78.6 Å². The van der Waals surface area contributed by atoms with Gasteiger partial charge < -0.3 is 16.2 Å². The summed E-state index contributed by atoms with van der Waals surface area (Å²) in [5.74, 6) is 0. The van der Waals surface area contributed by atoms with Crippen LogP contribution in [0.3, 0.4) is 0 Å². The SMILES string of the molecule is N[C@H]1CN(Cc2ccccc2)C[C@H]1NC(=O)O. The molecule has 2 rings (SSSR count). The van der Waals surface area contributed by atoms with E-state index in [1.54, 1.807) is 0 Å². The van der Waals surface area contributed by atoms with Crippen molar-refractivity contribution in [2.24, 2.45) is 5.73 Å². The number of hydrogen-bond donors (Lipinski definition) is 3. The smallest absolute Gasteiger partial charge is 0.404 e. The Morgan fingerprint density at radius 1 is 1.41 bits per heavy atom. The van der Waals surface area contributed by atoms with Crippen molar-refractivity contribution in [1.29, 1.82) is 0 Å². The second-order valence-corrected chi connectivity index (χ2v) is 4.40. The fraction of sp³-hybridized carbons (Fsp3) is 0.417. The Bertz CT molecular complexity index is 383. The van der Waals surface area contributed by atoms with E-state index in [9.17, 15) is 4.79 Å². The summed E-state index contributed by atoms with van der Waals surface area (Å²) in [5.41, 5.74) is 7.12. The van der Waals surface area contributed by atoms with Gasteiger partial charge in [0.25, 0.3) is 0 Å². The van der Waals surface area contributed by atoms with Crippen molar-refractivity contribution in [1.82, 2.24) is 10.2 Å². The summed E-state index contributed by atoms with van der Waals surface area (Å²) in [7, 11) is 0. The number of carboxylic acid groups (broad SMARTS) is 1. The van der Waals surface area contributed by atoms with Gasteiger partial charge in [-0.15, -0.1) is 0 Å². The molecular weight excluding hydrogens is 218 g/mol. The average molecular weight is 235 g/mol. The number of carbonyl (C=O) groups is 1. The molecule has 5 heteroatoms. The number of nitrogens with two attached hydrogens (primary N) is 1. The van der Waals surface area contributed by atoms with E-state index in [1.165, 1.54) is 5.56 Å².